The standard InChI is InChI=1S/C16H20N4O/c1-5-19-15-13(11(2)17)20-14(16(3,18-4)21-15)12-9-7-6-8-10-12/h5-10,18H,2,17H2,1,3-4H3/b19-5-/t16-/m1/s1. The van der Waals surface area contributed by atoms with Gasteiger partial charge in [0.25, 0.3) is 0 Å². The third-order valence-electron chi connectivity index (χ3n) is 3.25. The van der Waals surface area contributed by atoms with Crippen molar-refractivity contribution >= 4 is 11.9 Å². The van der Waals surface area contributed by atoms with Gasteiger partial charge in [-0.15, -0.1) is 0 Å². The number of rotatable bonds is 4. The maximum absolute atomic E-state index is 6.00. The highest BCUT2D eigenvalue weighted by atomic mass is 16.5. The van der Waals surface area contributed by atoms with Gasteiger partial charge in [-0.05, 0) is 20.9 Å². The first kappa shape index (κ1) is 15.0. The van der Waals surface area contributed by atoms with Gasteiger partial charge in [0.05, 0.1) is 5.70 Å². The van der Waals surface area contributed by atoms with Crippen LogP contribution in [0.2, 0.25) is 0 Å². The first-order valence-electron chi connectivity index (χ1n) is 6.72. The van der Waals surface area contributed by atoms with E-state index < -0.39 is 5.72 Å². The summed E-state index contributed by atoms with van der Waals surface area (Å²) in [6.45, 7) is 7.46. The lowest BCUT2D eigenvalue weighted by atomic mass is 9.99. The number of hydrogen-bond acceptors (Lipinski definition) is 5. The van der Waals surface area contributed by atoms with Crippen molar-refractivity contribution in [1.82, 2.24) is 5.32 Å². The second kappa shape index (κ2) is 5.93. The van der Waals surface area contributed by atoms with E-state index >= 15 is 0 Å². The minimum atomic E-state index is -0.790. The SMILES string of the molecule is C=C(N)C1=C(/N=C\C)O[C@@](C)(NC)C(c2ccccc2)=N1. The summed E-state index contributed by atoms with van der Waals surface area (Å²) < 4.78 is 6.00. The zero-order valence-electron chi connectivity index (χ0n) is 12.6. The van der Waals surface area contributed by atoms with E-state index in [1.807, 2.05) is 44.3 Å². The van der Waals surface area contributed by atoms with Crippen molar-refractivity contribution in [3.8, 4) is 0 Å². The van der Waals surface area contributed by atoms with Crippen molar-refractivity contribution in [2.75, 3.05) is 7.05 Å². The highest BCUT2D eigenvalue weighted by Crippen LogP contribution is 2.29. The molecule has 0 bridgehead atoms. The molecule has 0 aliphatic carbocycles. The van der Waals surface area contributed by atoms with E-state index in [1.165, 1.54) is 0 Å². The number of nitrogens with two attached hydrogens (primary N) is 1. The summed E-state index contributed by atoms with van der Waals surface area (Å²) in [6, 6.07) is 9.81. The number of nitrogens with zero attached hydrogens (tertiary/aromatic N) is 2. The van der Waals surface area contributed by atoms with Crippen LogP contribution in [0.1, 0.15) is 19.4 Å². The smallest absolute Gasteiger partial charge is 0.243 e. The molecule has 0 aromatic heterocycles. The van der Waals surface area contributed by atoms with Crippen LogP contribution in [0, 0.1) is 0 Å². The molecule has 3 N–H and O–H groups in total. The fourth-order valence-electron chi connectivity index (χ4n) is 2.08. The lowest BCUT2D eigenvalue weighted by molar-refractivity contribution is 0.0489. The summed E-state index contributed by atoms with van der Waals surface area (Å²) in [5.41, 5.74) is 7.50. The fraction of sp³-hybridized carbons (Fsp3) is 0.250. The van der Waals surface area contributed by atoms with Crippen molar-refractivity contribution in [3.63, 3.8) is 0 Å². The van der Waals surface area contributed by atoms with Gasteiger partial charge >= 0.3 is 0 Å². The lowest BCUT2D eigenvalue weighted by Gasteiger charge is -2.35. The molecule has 1 heterocycles. The second-order valence-corrected chi connectivity index (χ2v) is 4.78. The van der Waals surface area contributed by atoms with Crippen molar-refractivity contribution in [2.45, 2.75) is 19.6 Å². The van der Waals surface area contributed by atoms with Crippen molar-refractivity contribution in [3.05, 3.63) is 59.8 Å². The number of aliphatic imine (C=N–C) groups is 2. The predicted octanol–water partition coefficient (Wildman–Crippen LogP) is 2.17. The largest absolute Gasteiger partial charge is 0.449 e. The lowest BCUT2D eigenvalue weighted by Crippen LogP contribution is -2.51. The van der Waals surface area contributed by atoms with Crippen LogP contribution >= 0.6 is 0 Å². The number of nitrogens with one attached hydrogen (secondary N) is 1. The molecule has 0 spiro atoms. The molecule has 0 fully saturated rings. The molecule has 0 saturated carbocycles. The molecule has 1 aliphatic heterocycles. The third kappa shape index (κ3) is 2.87. The Morgan fingerprint density at radius 2 is 2.10 bits per heavy atom. The van der Waals surface area contributed by atoms with E-state index in [1.54, 1.807) is 13.1 Å². The van der Waals surface area contributed by atoms with Gasteiger partial charge in [-0.2, -0.15) is 0 Å². The van der Waals surface area contributed by atoms with E-state index in [0.29, 0.717) is 17.3 Å². The van der Waals surface area contributed by atoms with Crippen LogP contribution in [-0.2, 0) is 4.74 Å². The minimum absolute atomic E-state index is 0.321. The molecule has 5 nitrogen and oxygen atoms in total. The summed E-state index contributed by atoms with van der Waals surface area (Å²) in [5.74, 6) is 0.363. The molecule has 1 aliphatic rings. The maximum Gasteiger partial charge on any atom is 0.243 e. The summed E-state index contributed by atoms with van der Waals surface area (Å²) in [6.07, 6.45) is 1.64. The molecule has 0 saturated heterocycles. The summed E-state index contributed by atoms with van der Waals surface area (Å²) in [4.78, 5) is 8.85. The number of hydrogen-bond donors (Lipinski definition) is 2. The molecule has 0 amide bonds. The van der Waals surface area contributed by atoms with Crippen LogP contribution in [0.4, 0.5) is 0 Å². The van der Waals surface area contributed by atoms with E-state index in [2.05, 4.69) is 21.9 Å². The van der Waals surface area contributed by atoms with E-state index in [4.69, 9.17) is 10.5 Å². The van der Waals surface area contributed by atoms with Gasteiger partial charge in [-0.25, -0.2) is 9.98 Å². The molecule has 0 radical (unpaired) electrons. The van der Waals surface area contributed by atoms with Crippen LogP contribution in [0.15, 0.2) is 64.2 Å². The predicted molar refractivity (Wildman–Crippen MR) is 86.0 cm³/mol. The first-order valence-corrected chi connectivity index (χ1v) is 6.72. The van der Waals surface area contributed by atoms with E-state index in [0.717, 1.165) is 11.3 Å². The number of benzene rings is 1. The van der Waals surface area contributed by atoms with Crippen LogP contribution in [0.3, 0.4) is 0 Å². The zero-order chi connectivity index (χ0) is 15.5. The maximum atomic E-state index is 6.00. The average Bonchev–Trinajstić information content (AvgIpc) is 2.48. The Morgan fingerprint density at radius 3 is 2.62 bits per heavy atom. The Kier molecular flexibility index (Phi) is 4.23. The summed E-state index contributed by atoms with van der Waals surface area (Å²) in [7, 11) is 1.81. The molecule has 110 valence electrons. The third-order valence-corrected chi connectivity index (χ3v) is 3.25. The first-order chi connectivity index (χ1) is 10.0. The fourth-order valence-corrected chi connectivity index (χ4v) is 2.08. The Morgan fingerprint density at radius 1 is 1.43 bits per heavy atom. The Hall–Kier alpha value is -2.40. The Balaban J connectivity index is 2.63. The van der Waals surface area contributed by atoms with Crippen LogP contribution in [0.5, 0.6) is 0 Å². The average molecular weight is 284 g/mol. The monoisotopic (exact) mass is 284 g/mol. The van der Waals surface area contributed by atoms with Crippen molar-refractivity contribution in [1.29, 1.82) is 0 Å². The van der Waals surface area contributed by atoms with Gasteiger partial charge in [0.1, 0.15) is 11.4 Å². The van der Waals surface area contributed by atoms with Gasteiger partial charge in [-0.3, -0.25) is 5.32 Å². The van der Waals surface area contributed by atoms with Gasteiger partial charge in [0, 0.05) is 11.8 Å². The van der Waals surface area contributed by atoms with Crippen LogP contribution in [-0.4, -0.2) is 24.7 Å². The van der Waals surface area contributed by atoms with Gasteiger partial charge < -0.3 is 10.5 Å². The topological polar surface area (TPSA) is 72.0 Å². The van der Waals surface area contributed by atoms with E-state index in [-0.39, 0.29) is 0 Å². The van der Waals surface area contributed by atoms with Crippen molar-refractivity contribution in [2.24, 2.45) is 15.7 Å². The molecule has 1 atom stereocenters. The number of ether oxygens (including phenoxy) is 1. The second-order valence-electron chi connectivity index (χ2n) is 4.78. The highest BCUT2D eigenvalue weighted by Gasteiger charge is 2.37. The highest BCUT2D eigenvalue weighted by molar-refractivity contribution is 6.07. The minimum Gasteiger partial charge on any atom is -0.449 e. The molecular weight excluding hydrogens is 264 g/mol. The summed E-state index contributed by atoms with van der Waals surface area (Å²) >= 11 is 0. The Bertz CT molecular complexity index is 631. The molecule has 21 heavy (non-hydrogen) atoms. The molecule has 1 aromatic rings. The van der Waals surface area contributed by atoms with Gasteiger partial charge in [0.2, 0.25) is 11.6 Å². The van der Waals surface area contributed by atoms with Crippen molar-refractivity contribution < 1.29 is 4.74 Å². The molecule has 1 aromatic carbocycles. The molecule has 0 unspecified atom stereocenters. The van der Waals surface area contributed by atoms with Crippen LogP contribution in [0.25, 0.3) is 0 Å². The normalized spacial score (nSPS) is 22.1. The van der Waals surface area contributed by atoms with Crippen LogP contribution < -0.4 is 11.1 Å². The Labute approximate surface area is 124 Å². The summed E-state index contributed by atoms with van der Waals surface area (Å²) in [5, 5.41) is 3.15. The molecule has 2 rings (SSSR count). The van der Waals surface area contributed by atoms with Gasteiger partial charge in [0.15, 0.2) is 0 Å². The molecule has 5 heteroatoms. The van der Waals surface area contributed by atoms with E-state index in [9.17, 15) is 0 Å². The quantitative estimate of drug-likeness (QED) is 0.832. The van der Waals surface area contributed by atoms with Gasteiger partial charge in [-0.1, -0.05) is 36.9 Å². The zero-order valence-corrected chi connectivity index (χ0v) is 12.6. The molecular formula is C16H20N4O. The number of likely N-dealkylation sites (N-methyl/N-ethyl adjacent to an activating group) is 1.